The minimum absolute atomic E-state index is 0.0928. The number of pyridine rings is 1. The van der Waals surface area contributed by atoms with Crippen LogP contribution in [0.25, 0.3) is 0 Å². The molecule has 1 N–H and O–H groups in total. The lowest BCUT2D eigenvalue weighted by molar-refractivity contribution is 0.103. The molecule has 0 saturated heterocycles. The summed E-state index contributed by atoms with van der Waals surface area (Å²) in [4.78, 5) is 26.6. The highest BCUT2D eigenvalue weighted by molar-refractivity contribution is 6.12. The first-order valence-electron chi connectivity index (χ1n) is 10.1. The van der Waals surface area contributed by atoms with E-state index in [1.165, 1.54) is 40.4 Å². The number of carbonyl (C=O) groups is 1. The number of hydrogen-bond acceptors (Lipinski definition) is 7. The van der Waals surface area contributed by atoms with Gasteiger partial charge < -0.3 is 19.3 Å². The second kappa shape index (κ2) is 9.49. The molecule has 0 fully saturated rings. The summed E-state index contributed by atoms with van der Waals surface area (Å²) in [6.45, 7) is 3.17. The molecule has 33 heavy (non-hydrogen) atoms. The number of hydrogen-bond donors (Lipinski definition) is 1. The molecule has 1 atom stereocenters. The van der Waals surface area contributed by atoms with Gasteiger partial charge in [0.05, 0.1) is 32.9 Å². The number of aromatic hydroxyl groups is 1. The Kier molecular flexibility index (Phi) is 6.73. The summed E-state index contributed by atoms with van der Waals surface area (Å²) in [6.07, 6.45) is 0. The summed E-state index contributed by atoms with van der Waals surface area (Å²) in [5.74, 6) is -0.313. The summed E-state index contributed by atoms with van der Waals surface area (Å²) < 4.78 is 17.0. The van der Waals surface area contributed by atoms with Crippen molar-refractivity contribution in [2.75, 3.05) is 21.3 Å². The number of aromatic nitrogens is 1. The van der Waals surface area contributed by atoms with Crippen LogP contribution in [0.4, 0.5) is 0 Å². The van der Waals surface area contributed by atoms with E-state index in [-0.39, 0.29) is 33.8 Å². The first-order valence-corrected chi connectivity index (χ1v) is 10.1. The first-order chi connectivity index (χ1) is 15.8. The van der Waals surface area contributed by atoms with Gasteiger partial charge in [0.1, 0.15) is 11.6 Å². The molecular formula is C25H24N2O6. The fourth-order valence-electron chi connectivity index (χ4n) is 3.79. The molecule has 0 aliphatic carbocycles. The lowest BCUT2D eigenvalue weighted by Gasteiger charge is -2.21. The summed E-state index contributed by atoms with van der Waals surface area (Å²) in [7, 11) is 4.28. The maximum Gasteiger partial charge on any atom is 0.272 e. The molecule has 3 rings (SSSR count). The van der Waals surface area contributed by atoms with E-state index in [0.717, 1.165) is 10.1 Å². The summed E-state index contributed by atoms with van der Waals surface area (Å²) >= 11 is 0. The van der Waals surface area contributed by atoms with E-state index in [1.54, 1.807) is 31.2 Å². The zero-order valence-electron chi connectivity index (χ0n) is 19.0. The zero-order valence-corrected chi connectivity index (χ0v) is 19.0. The van der Waals surface area contributed by atoms with Crippen molar-refractivity contribution < 1.29 is 24.1 Å². The van der Waals surface area contributed by atoms with Gasteiger partial charge in [-0.05, 0) is 37.1 Å². The number of ether oxygens (including phenoxy) is 3. The molecule has 0 radical (unpaired) electrons. The van der Waals surface area contributed by atoms with Crippen molar-refractivity contribution in [3.63, 3.8) is 0 Å². The maximum atomic E-state index is 13.6. The molecule has 8 nitrogen and oxygen atoms in total. The minimum atomic E-state index is -0.676. The predicted octanol–water partition coefficient (Wildman–Crippen LogP) is 3.60. The summed E-state index contributed by atoms with van der Waals surface area (Å²) in [6, 6.07) is 13.2. The first kappa shape index (κ1) is 23.4. The van der Waals surface area contributed by atoms with Crippen molar-refractivity contribution in [3.05, 3.63) is 80.6 Å². The Morgan fingerprint density at radius 3 is 2.12 bits per heavy atom. The number of carbonyl (C=O) groups excluding carboxylic acids is 1. The molecule has 0 spiro atoms. The Bertz CT molecular complexity index is 1280. The second-order valence-corrected chi connectivity index (χ2v) is 7.32. The maximum absolute atomic E-state index is 13.6. The van der Waals surface area contributed by atoms with E-state index in [2.05, 4.69) is 0 Å². The highest BCUT2D eigenvalue weighted by Crippen LogP contribution is 2.39. The average molecular weight is 448 g/mol. The van der Waals surface area contributed by atoms with Gasteiger partial charge in [-0.15, -0.1) is 0 Å². The van der Waals surface area contributed by atoms with Gasteiger partial charge in [0.25, 0.3) is 5.56 Å². The van der Waals surface area contributed by atoms with Crippen LogP contribution >= 0.6 is 0 Å². The molecule has 0 amide bonds. The fraction of sp³-hybridized carbons (Fsp3) is 0.240. The predicted molar refractivity (Wildman–Crippen MR) is 122 cm³/mol. The monoisotopic (exact) mass is 448 g/mol. The summed E-state index contributed by atoms with van der Waals surface area (Å²) in [5, 5.41) is 20.8. The van der Waals surface area contributed by atoms with Gasteiger partial charge in [-0.3, -0.25) is 14.2 Å². The Morgan fingerprint density at radius 2 is 1.64 bits per heavy atom. The van der Waals surface area contributed by atoms with E-state index < -0.39 is 23.3 Å². The lowest BCUT2D eigenvalue weighted by Crippen LogP contribution is -2.29. The van der Waals surface area contributed by atoms with E-state index in [0.29, 0.717) is 5.75 Å². The van der Waals surface area contributed by atoms with Crippen molar-refractivity contribution in [2.24, 2.45) is 0 Å². The minimum Gasteiger partial charge on any atom is -0.494 e. The van der Waals surface area contributed by atoms with Crippen LogP contribution in [0, 0.1) is 18.3 Å². The molecule has 0 saturated carbocycles. The topological polar surface area (TPSA) is 111 Å². The van der Waals surface area contributed by atoms with Crippen LogP contribution in [0.3, 0.4) is 0 Å². The molecule has 1 heterocycles. The van der Waals surface area contributed by atoms with Crippen LogP contribution in [-0.4, -0.2) is 36.8 Å². The Balaban J connectivity index is 2.29. The third-order valence-electron chi connectivity index (χ3n) is 5.57. The Labute approximate surface area is 191 Å². The van der Waals surface area contributed by atoms with Gasteiger partial charge in [0, 0.05) is 5.56 Å². The van der Waals surface area contributed by atoms with E-state index in [4.69, 9.17) is 14.2 Å². The van der Waals surface area contributed by atoms with Crippen molar-refractivity contribution in [1.82, 2.24) is 4.57 Å². The normalized spacial score (nSPS) is 11.4. The van der Waals surface area contributed by atoms with E-state index in [1.807, 2.05) is 12.1 Å². The van der Waals surface area contributed by atoms with Crippen molar-refractivity contribution in [2.45, 2.75) is 19.9 Å². The molecule has 0 bridgehead atoms. The Morgan fingerprint density at radius 1 is 1.06 bits per heavy atom. The molecule has 0 aliphatic rings. The number of nitrogens with zero attached hydrogens (tertiary/aromatic N) is 2. The number of methoxy groups -OCH3 is 3. The SMILES string of the molecule is COc1cc(C(=O)c2c(C)c(C#N)c(=O)n(C(C)c3ccccc3)c2O)cc(OC)c1OC. The van der Waals surface area contributed by atoms with Crippen LogP contribution in [0.1, 0.15) is 45.6 Å². The molecule has 8 heteroatoms. The zero-order chi connectivity index (χ0) is 24.3. The lowest BCUT2D eigenvalue weighted by atomic mass is 9.96. The van der Waals surface area contributed by atoms with Gasteiger partial charge >= 0.3 is 0 Å². The second-order valence-electron chi connectivity index (χ2n) is 7.32. The van der Waals surface area contributed by atoms with E-state index in [9.17, 15) is 20.0 Å². The smallest absolute Gasteiger partial charge is 0.272 e. The number of ketones is 1. The molecule has 1 aromatic heterocycles. The van der Waals surface area contributed by atoms with Crippen LogP contribution in [-0.2, 0) is 0 Å². The van der Waals surface area contributed by atoms with Crippen LogP contribution < -0.4 is 19.8 Å². The largest absolute Gasteiger partial charge is 0.494 e. The molecule has 3 aromatic rings. The Hall–Kier alpha value is -4.25. The molecule has 2 aromatic carbocycles. The van der Waals surface area contributed by atoms with E-state index >= 15 is 0 Å². The third kappa shape index (κ3) is 4.01. The van der Waals surface area contributed by atoms with Gasteiger partial charge in [-0.2, -0.15) is 5.26 Å². The molecule has 170 valence electrons. The fourth-order valence-corrected chi connectivity index (χ4v) is 3.79. The number of rotatable bonds is 7. The van der Waals surface area contributed by atoms with Crippen molar-refractivity contribution in [3.8, 4) is 29.2 Å². The average Bonchev–Trinajstić information content (AvgIpc) is 2.83. The van der Waals surface area contributed by atoms with Gasteiger partial charge in [-0.1, -0.05) is 30.3 Å². The highest BCUT2D eigenvalue weighted by atomic mass is 16.5. The summed E-state index contributed by atoms with van der Waals surface area (Å²) in [5.41, 5.74) is -0.0895. The molecular weight excluding hydrogens is 424 g/mol. The molecule has 1 unspecified atom stereocenters. The standard InChI is InChI=1S/C25H24N2O6/c1-14-18(13-26)24(29)27(15(2)16-9-7-6-8-10-16)25(30)21(14)22(28)17-11-19(31-3)23(33-5)20(12-17)32-4/h6-12,15,30H,1-5H3. The van der Waals surface area contributed by atoms with Crippen molar-refractivity contribution in [1.29, 1.82) is 5.26 Å². The van der Waals surface area contributed by atoms with Crippen LogP contribution in [0.15, 0.2) is 47.3 Å². The highest BCUT2D eigenvalue weighted by Gasteiger charge is 2.28. The quantitative estimate of drug-likeness (QED) is 0.550. The van der Waals surface area contributed by atoms with Crippen LogP contribution in [0.5, 0.6) is 23.1 Å². The third-order valence-corrected chi connectivity index (χ3v) is 5.57. The van der Waals surface area contributed by atoms with Gasteiger partial charge in [-0.25, -0.2) is 0 Å². The number of nitriles is 1. The molecule has 0 aliphatic heterocycles. The number of benzene rings is 2. The van der Waals surface area contributed by atoms with Crippen LogP contribution in [0.2, 0.25) is 0 Å². The van der Waals surface area contributed by atoms with Gasteiger partial charge in [0.15, 0.2) is 17.3 Å². The van der Waals surface area contributed by atoms with Crippen molar-refractivity contribution >= 4 is 5.78 Å². The van der Waals surface area contributed by atoms with Gasteiger partial charge in [0.2, 0.25) is 11.6 Å².